The molecule has 6 heteroatoms. The number of rotatable bonds is 8. The number of halogens is 1. The summed E-state index contributed by atoms with van der Waals surface area (Å²) >= 11 is 6.36. The normalized spacial score (nSPS) is 10.7. The van der Waals surface area contributed by atoms with E-state index in [1.807, 2.05) is 47.3 Å². The Bertz CT molecular complexity index is 694. The van der Waals surface area contributed by atoms with Crippen molar-refractivity contribution in [3.63, 3.8) is 0 Å². The van der Waals surface area contributed by atoms with Gasteiger partial charge >= 0.3 is 11.9 Å². The topological polar surface area (TPSA) is 57.5 Å². The van der Waals surface area contributed by atoms with Gasteiger partial charge in [-0.3, -0.25) is 9.59 Å². The number of esters is 2. The Morgan fingerprint density at radius 1 is 1.08 bits per heavy atom. The lowest BCUT2D eigenvalue weighted by Gasteiger charge is -2.15. The summed E-state index contributed by atoms with van der Waals surface area (Å²) in [7, 11) is 0. The van der Waals surface area contributed by atoms with Gasteiger partial charge in [0.25, 0.3) is 0 Å². The van der Waals surface area contributed by atoms with Crippen LogP contribution in [0.3, 0.4) is 0 Å². The van der Waals surface area contributed by atoms with E-state index in [-0.39, 0.29) is 13.2 Å². The first-order valence-corrected chi connectivity index (χ1v) is 8.69. The summed E-state index contributed by atoms with van der Waals surface area (Å²) in [5, 5.41) is 0.609. The van der Waals surface area contributed by atoms with Crippen LogP contribution in [0.15, 0.2) is 42.7 Å². The molecule has 0 saturated carbocycles. The molecule has 0 aliphatic carbocycles. The molecule has 1 heterocycles. The third-order valence-electron chi connectivity index (χ3n) is 3.76. The smallest absolute Gasteiger partial charge is 0.320 e. The quantitative estimate of drug-likeness (QED) is 0.528. The van der Waals surface area contributed by atoms with Crippen LogP contribution in [0.5, 0.6) is 0 Å². The minimum absolute atomic E-state index is 0.228. The molecule has 1 aromatic carbocycles. The van der Waals surface area contributed by atoms with E-state index in [1.54, 1.807) is 13.8 Å². The number of ether oxygens (including phenoxy) is 2. The number of carbonyl (C=O) groups excluding carboxylic acids is 2. The van der Waals surface area contributed by atoms with Crippen molar-refractivity contribution in [3.8, 4) is 5.69 Å². The molecule has 2 aromatic rings. The maximum atomic E-state index is 12.0. The maximum Gasteiger partial charge on any atom is 0.320 e. The lowest BCUT2D eigenvalue weighted by atomic mass is 9.99. The number of benzene rings is 1. The first-order chi connectivity index (χ1) is 12.1. The van der Waals surface area contributed by atoms with Crippen LogP contribution < -0.4 is 0 Å². The van der Waals surface area contributed by atoms with E-state index in [9.17, 15) is 9.59 Å². The number of aryl methyl sites for hydroxylation is 1. The monoisotopic (exact) mass is 363 g/mol. The van der Waals surface area contributed by atoms with Crippen LogP contribution in [0.2, 0.25) is 5.02 Å². The van der Waals surface area contributed by atoms with Gasteiger partial charge in [0.1, 0.15) is 0 Å². The fraction of sp³-hybridized carbons (Fsp3) is 0.368. The summed E-state index contributed by atoms with van der Waals surface area (Å²) in [5.41, 5.74) is 1.82. The summed E-state index contributed by atoms with van der Waals surface area (Å²) in [6.07, 6.45) is 4.67. The summed E-state index contributed by atoms with van der Waals surface area (Å²) in [6, 6.07) is 9.56. The van der Waals surface area contributed by atoms with Crippen LogP contribution >= 0.6 is 11.6 Å². The summed E-state index contributed by atoms with van der Waals surface area (Å²) in [6.45, 7) is 3.87. The van der Waals surface area contributed by atoms with E-state index in [2.05, 4.69) is 0 Å². The summed E-state index contributed by atoms with van der Waals surface area (Å²) < 4.78 is 11.9. The van der Waals surface area contributed by atoms with Gasteiger partial charge in [0.2, 0.25) is 0 Å². The van der Waals surface area contributed by atoms with Gasteiger partial charge in [0, 0.05) is 12.4 Å². The average Bonchev–Trinajstić information content (AvgIpc) is 3.10. The van der Waals surface area contributed by atoms with Crippen LogP contribution in [0.25, 0.3) is 5.69 Å². The van der Waals surface area contributed by atoms with E-state index >= 15 is 0 Å². The van der Waals surface area contributed by atoms with E-state index in [1.165, 1.54) is 0 Å². The van der Waals surface area contributed by atoms with Gasteiger partial charge in [-0.15, -0.1) is 0 Å². The van der Waals surface area contributed by atoms with E-state index < -0.39 is 17.9 Å². The SMILES string of the molecule is CCOC(=O)C(CCc1ccc(-n2cccc2)c(Cl)c1)C(=O)OCC. The van der Waals surface area contributed by atoms with Gasteiger partial charge in [0.15, 0.2) is 5.92 Å². The molecule has 0 atom stereocenters. The fourth-order valence-corrected chi connectivity index (χ4v) is 2.84. The van der Waals surface area contributed by atoms with Gasteiger partial charge in [-0.2, -0.15) is 0 Å². The Labute approximate surface area is 152 Å². The van der Waals surface area contributed by atoms with Gasteiger partial charge in [-0.1, -0.05) is 17.7 Å². The predicted molar refractivity (Wildman–Crippen MR) is 95.9 cm³/mol. The molecular weight excluding hydrogens is 342 g/mol. The van der Waals surface area contributed by atoms with Crippen molar-refractivity contribution in [2.75, 3.05) is 13.2 Å². The van der Waals surface area contributed by atoms with Crippen molar-refractivity contribution in [2.45, 2.75) is 26.7 Å². The van der Waals surface area contributed by atoms with E-state index in [0.717, 1.165) is 11.3 Å². The first kappa shape index (κ1) is 19.1. The molecule has 2 rings (SSSR count). The third-order valence-corrected chi connectivity index (χ3v) is 4.06. The molecule has 0 unspecified atom stereocenters. The molecule has 1 aromatic heterocycles. The van der Waals surface area contributed by atoms with Crippen LogP contribution in [0.4, 0.5) is 0 Å². The Hall–Kier alpha value is -2.27. The van der Waals surface area contributed by atoms with Crippen molar-refractivity contribution in [1.82, 2.24) is 4.57 Å². The highest BCUT2D eigenvalue weighted by molar-refractivity contribution is 6.32. The molecule has 0 bridgehead atoms. The highest BCUT2D eigenvalue weighted by Crippen LogP contribution is 2.24. The van der Waals surface area contributed by atoms with Gasteiger partial charge < -0.3 is 14.0 Å². The standard InChI is InChI=1S/C19H22ClNO4/c1-3-24-18(22)15(19(23)25-4-2)9-7-14-8-10-17(16(20)13-14)21-11-5-6-12-21/h5-6,8,10-13,15H,3-4,7,9H2,1-2H3. The van der Waals surface area contributed by atoms with Crippen molar-refractivity contribution < 1.29 is 19.1 Å². The fourth-order valence-electron chi connectivity index (χ4n) is 2.54. The zero-order valence-electron chi connectivity index (χ0n) is 14.4. The molecule has 134 valence electrons. The maximum absolute atomic E-state index is 12.0. The molecular formula is C19H22ClNO4. The number of hydrogen-bond donors (Lipinski definition) is 0. The van der Waals surface area contributed by atoms with Crippen molar-refractivity contribution >= 4 is 23.5 Å². The Morgan fingerprint density at radius 2 is 1.68 bits per heavy atom. The largest absolute Gasteiger partial charge is 0.465 e. The lowest BCUT2D eigenvalue weighted by Crippen LogP contribution is -2.28. The number of carbonyl (C=O) groups is 2. The minimum atomic E-state index is -0.914. The van der Waals surface area contributed by atoms with Crippen molar-refractivity contribution in [3.05, 3.63) is 53.3 Å². The van der Waals surface area contributed by atoms with Crippen LogP contribution in [-0.2, 0) is 25.5 Å². The summed E-state index contributed by atoms with van der Waals surface area (Å²) in [5.74, 6) is -2.00. The minimum Gasteiger partial charge on any atom is -0.465 e. The lowest BCUT2D eigenvalue weighted by molar-refractivity contribution is -0.161. The average molecular weight is 364 g/mol. The molecule has 0 N–H and O–H groups in total. The van der Waals surface area contributed by atoms with Crippen LogP contribution in [0, 0.1) is 5.92 Å². The zero-order valence-corrected chi connectivity index (χ0v) is 15.2. The molecule has 5 nitrogen and oxygen atoms in total. The second-order valence-corrected chi connectivity index (χ2v) is 5.88. The highest BCUT2D eigenvalue weighted by atomic mass is 35.5. The van der Waals surface area contributed by atoms with E-state index in [4.69, 9.17) is 21.1 Å². The second kappa shape index (κ2) is 9.28. The zero-order chi connectivity index (χ0) is 18.2. The predicted octanol–water partition coefficient (Wildman–Crippen LogP) is 3.81. The van der Waals surface area contributed by atoms with Crippen molar-refractivity contribution in [2.24, 2.45) is 5.92 Å². The van der Waals surface area contributed by atoms with Crippen LogP contribution in [-0.4, -0.2) is 29.7 Å². The molecule has 25 heavy (non-hydrogen) atoms. The molecule has 0 aliphatic heterocycles. The first-order valence-electron chi connectivity index (χ1n) is 8.31. The molecule has 0 spiro atoms. The Balaban J connectivity index is 2.08. The molecule has 0 fully saturated rings. The number of aromatic nitrogens is 1. The third kappa shape index (κ3) is 5.10. The van der Waals surface area contributed by atoms with Gasteiger partial charge in [-0.25, -0.2) is 0 Å². The Kier molecular flexibility index (Phi) is 7.07. The number of nitrogens with zero attached hydrogens (tertiary/aromatic N) is 1. The molecule has 0 radical (unpaired) electrons. The van der Waals surface area contributed by atoms with Gasteiger partial charge in [-0.05, 0) is 56.5 Å². The van der Waals surface area contributed by atoms with Crippen LogP contribution in [0.1, 0.15) is 25.8 Å². The molecule has 0 saturated heterocycles. The highest BCUT2D eigenvalue weighted by Gasteiger charge is 2.29. The molecule has 0 aliphatic rings. The second-order valence-electron chi connectivity index (χ2n) is 5.47. The summed E-state index contributed by atoms with van der Waals surface area (Å²) in [4.78, 5) is 24.0. The van der Waals surface area contributed by atoms with E-state index in [0.29, 0.717) is 17.9 Å². The Morgan fingerprint density at radius 3 is 2.20 bits per heavy atom. The molecule has 0 amide bonds. The van der Waals surface area contributed by atoms with Crippen molar-refractivity contribution in [1.29, 1.82) is 0 Å². The van der Waals surface area contributed by atoms with Gasteiger partial charge in [0.05, 0.1) is 23.9 Å². The number of hydrogen-bond acceptors (Lipinski definition) is 4.